The number of aromatic hydroxyl groups is 1. The number of nitrogens with zero attached hydrogens (tertiary/aromatic N) is 2. The second-order valence-electron chi connectivity index (χ2n) is 5.15. The van der Waals surface area contributed by atoms with E-state index < -0.39 is 5.97 Å². The van der Waals surface area contributed by atoms with E-state index in [4.69, 9.17) is 5.11 Å². The number of phenols is 1. The Hall–Kier alpha value is -2.24. The van der Waals surface area contributed by atoms with Gasteiger partial charge in [0.1, 0.15) is 5.75 Å². The Balaban J connectivity index is 2.77. The van der Waals surface area contributed by atoms with E-state index in [2.05, 4.69) is 0 Å². The van der Waals surface area contributed by atoms with E-state index >= 15 is 0 Å². The molecule has 0 saturated carbocycles. The quantitative estimate of drug-likeness (QED) is 0.844. The fourth-order valence-electron chi connectivity index (χ4n) is 1.98. The van der Waals surface area contributed by atoms with Crippen molar-refractivity contribution in [3.05, 3.63) is 24.3 Å². The highest BCUT2D eigenvalue weighted by molar-refractivity contribution is 5.91. The molecule has 0 bridgehead atoms. The summed E-state index contributed by atoms with van der Waals surface area (Å²) in [6.07, 6.45) is 0.444. The van der Waals surface area contributed by atoms with Gasteiger partial charge in [-0.1, -0.05) is 6.07 Å². The average Bonchev–Trinajstić information content (AvgIpc) is 2.41. The number of rotatable bonds is 6. The summed E-state index contributed by atoms with van der Waals surface area (Å²) in [5.74, 6) is -0.776. The van der Waals surface area contributed by atoms with Gasteiger partial charge in [-0.2, -0.15) is 0 Å². The summed E-state index contributed by atoms with van der Waals surface area (Å²) in [4.78, 5) is 26.1. The van der Waals surface area contributed by atoms with Crippen LogP contribution >= 0.6 is 0 Å². The molecule has 1 aromatic rings. The minimum Gasteiger partial charge on any atom is -0.508 e. The number of hydrogen-bond donors (Lipinski definition) is 2. The highest BCUT2D eigenvalue weighted by Crippen LogP contribution is 2.20. The van der Waals surface area contributed by atoms with Gasteiger partial charge in [0.2, 0.25) is 0 Å². The number of hydrogen-bond acceptors (Lipinski definition) is 3. The molecule has 0 radical (unpaired) electrons. The summed E-state index contributed by atoms with van der Waals surface area (Å²) in [5.41, 5.74) is 0.587. The zero-order valence-electron chi connectivity index (χ0n) is 12.6. The SMILES string of the molecule is CC(C)N(CCCC(=O)O)C(=O)N(C)c1cccc(O)c1. The van der Waals surface area contributed by atoms with Crippen molar-refractivity contribution in [1.82, 2.24) is 4.90 Å². The standard InChI is InChI=1S/C15H22N2O4/c1-11(2)17(9-5-8-14(19)20)15(21)16(3)12-6-4-7-13(18)10-12/h4,6-7,10-11,18H,5,8-9H2,1-3H3,(H,19,20). The molecule has 2 N–H and O–H groups in total. The van der Waals surface area contributed by atoms with E-state index in [0.29, 0.717) is 18.7 Å². The van der Waals surface area contributed by atoms with Gasteiger partial charge >= 0.3 is 12.0 Å². The van der Waals surface area contributed by atoms with E-state index in [-0.39, 0.29) is 24.2 Å². The molecule has 0 atom stereocenters. The molecule has 0 spiro atoms. The summed E-state index contributed by atoms with van der Waals surface area (Å²) in [5, 5.41) is 18.2. The highest BCUT2D eigenvalue weighted by Gasteiger charge is 2.21. The number of carboxylic acid groups (broad SMARTS) is 1. The minimum absolute atomic E-state index is 0.0341. The number of carbonyl (C=O) groups is 2. The molecule has 0 unspecified atom stereocenters. The Kier molecular flexibility index (Phi) is 6.02. The molecule has 6 heteroatoms. The Labute approximate surface area is 124 Å². The Morgan fingerprint density at radius 1 is 1.29 bits per heavy atom. The molecule has 2 amide bonds. The lowest BCUT2D eigenvalue weighted by Crippen LogP contribution is -2.45. The first-order valence-electron chi connectivity index (χ1n) is 6.88. The zero-order chi connectivity index (χ0) is 16.0. The van der Waals surface area contributed by atoms with Crippen LogP contribution in [-0.2, 0) is 4.79 Å². The second-order valence-corrected chi connectivity index (χ2v) is 5.15. The van der Waals surface area contributed by atoms with Gasteiger partial charge in [-0.3, -0.25) is 9.69 Å². The monoisotopic (exact) mass is 294 g/mol. The molecule has 0 aliphatic rings. The molecule has 0 aliphatic heterocycles. The molecular weight excluding hydrogens is 272 g/mol. The summed E-state index contributed by atoms with van der Waals surface area (Å²) >= 11 is 0. The molecule has 0 saturated heterocycles. The van der Waals surface area contributed by atoms with Crippen LogP contribution < -0.4 is 4.90 Å². The van der Waals surface area contributed by atoms with Gasteiger partial charge in [-0.25, -0.2) is 4.79 Å². The largest absolute Gasteiger partial charge is 0.508 e. The fraction of sp³-hybridized carbons (Fsp3) is 0.467. The van der Waals surface area contributed by atoms with E-state index in [1.165, 1.54) is 17.0 Å². The van der Waals surface area contributed by atoms with Crippen LogP contribution in [0, 0.1) is 0 Å². The summed E-state index contributed by atoms with van der Waals surface area (Å²) in [6, 6.07) is 6.18. The number of anilines is 1. The minimum atomic E-state index is -0.868. The average molecular weight is 294 g/mol. The van der Waals surface area contributed by atoms with Gasteiger partial charge in [-0.15, -0.1) is 0 Å². The number of amides is 2. The van der Waals surface area contributed by atoms with E-state index in [1.807, 2.05) is 13.8 Å². The second kappa shape index (κ2) is 7.52. The van der Waals surface area contributed by atoms with E-state index in [0.717, 1.165) is 0 Å². The number of urea groups is 1. The molecule has 21 heavy (non-hydrogen) atoms. The first-order chi connectivity index (χ1) is 9.82. The first-order valence-corrected chi connectivity index (χ1v) is 6.88. The molecule has 6 nitrogen and oxygen atoms in total. The van der Waals surface area contributed by atoms with Gasteiger partial charge in [0, 0.05) is 37.8 Å². The molecule has 116 valence electrons. The lowest BCUT2D eigenvalue weighted by atomic mass is 10.2. The van der Waals surface area contributed by atoms with Crippen molar-refractivity contribution in [2.24, 2.45) is 0 Å². The number of phenolic OH excluding ortho intramolecular Hbond substituents is 1. The van der Waals surface area contributed by atoms with Crippen molar-refractivity contribution in [1.29, 1.82) is 0 Å². The van der Waals surface area contributed by atoms with Crippen LogP contribution in [0.5, 0.6) is 5.75 Å². The molecule has 0 aliphatic carbocycles. The van der Waals surface area contributed by atoms with Crippen molar-refractivity contribution in [3.63, 3.8) is 0 Å². The van der Waals surface area contributed by atoms with Crippen LogP contribution in [0.15, 0.2) is 24.3 Å². The number of carbonyl (C=O) groups excluding carboxylic acids is 1. The predicted octanol–water partition coefficient (Wildman–Crippen LogP) is 2.52. The molecule has 0 heterocycles. The molecule has 1 rings (SSSR count). The topological polar surface area (TPSA) is 81.1 Å². The Morgan fingerprint density at radius 2 is 1.95 bits per heavy atom. The predicted molar refractivity (Wildman–Crippen MR) is 80.6 cm³/mol. The fourth-order valence-corrected chi connectivity index (χ4v) is 1.98. The summed E-state index contributed by atoms with van der Waals surface area (Å²) in [7, 11) is 1.63. The van der Waals surface area contributed by atoms with Crippen molar-refractivity contribution in [2.75, 3.05) is 18.5 Å². The lowest BCUT2D eigenvalue weighted by Gasteiger charge is -2.31. The molecule has 0 fully saturated rings. The van der Waals surface area contributed by atoms with Gasteiger partial charge in [0.05, 0.1) is 0 Å². The van der Waals surface area contributed by atoms with E-state index in [1.54, 1.807) is 24.1 Å². The lowest BCUT2D eigenvalue weighted by molar-refractivity contribution is -0.137. The van der Waals surface area contributed by atoms with Gasteiger partial charge in [0.25, 0.3) is 0 Å². The highest BCUT2D eigenvalue weighted by atomic mass is 16.4. The normalized spacial score (nSPS) is 10.5. The molecule has 0 aromatic heterocycles. The third kappa shape index (κ3) is 4.98. The third-order valence-corrected chi connectivity index (χ3v) is 3.16. The van der Waals surface area contributed by atoms with Crippen LogP contribution in [-0.4, -0.2) is 46.7 Å². The Bertz CT molecular complexity index is 502. The van der Waals surface area contributed by atoms with Gasteiger partial charge in [0.15, 0.2) is 0 Å². The summed E-state index contributed by atoms with van der Waals surface area (Å²) in [6.45, 7) is 4.15. The van der Waals surface area contributed by atoms with E-state index in [9.17, 15) is 14.7 Å². The van der Waals surface area contributed by atoms with Crippen LogP contribution in [0.4, 0.5) is 10.5 Å². The number of carboxylic acids is 1. The van der Waals surface area contributed by atoms with Crippen molar-refractivity contribution in [3.8, 4) is 5.75 Å². The number of aliphatic carboxylic acids is 1. The van der Waals surface area contributed by atoms with Crippen molar-refractivity contribution >= 4 is 17.7 Å². The van der Waals surface area contributed by atoms with Crippen molar-refractivity contribution in [2.45, 2.75) is 32.7 Å². The maximum atomic E-state index is 12.5. The van der Waals surface area contributed by atoms with Crippen LogP contribution in [0.1, 0.15) is 26.7 Å². The van der Waals surface area contributed by atoms with Crippen LogP contribution in [0.25, 0.3) is 0 Å². The maximum absolute atomic E-state index is 12.5. The molecule has 1 aromatic carbocycles. The van der Waals surface area contributed by atoms with Crippen molar-refractivity contribution < 1.29 is 19.8 Å². The zero-order valence-corrected chi connectivity index (χ0v) is 12.6. The van der Waals surface area contributed by atoms with Crippen LogP contribution in [0.2, 0.25) is 0 Å². The Morgan fingerprint density at radius 3 is 2.48 bits per heavy atom. The maximum Gasteiger partial charge on any atom is 0.324 e. The third-order valence-electron chi connectivity index (χ3n) is 3.16. The van der Waals surface area contributed by atoms with Gasteiger partial charge < -0.3 is 15.1 Å². The first kappa shape index (κ1) is 16.8. The van der Waals surface area contributed by atoms with Crippen LogP contribution in [0.3, 0.4) is 0 Å². The molecular formula is C15H22N2O4. The van der Waals surface area contributed by atoms with Gasteiger partial charge in [-0.05, 0) is 32.4 Å². The number of benzene rings is 1. The summed E-state index contributed by atoms with van der Waals surface area (Å²) < 4.78 is 0. The smallest absolute Gasteiger partial charge is 0.324 e.